The van der Waals surface area contributed by atoms with Gasteiger partial charge >= 0.3 is 5.97 Å². The van der Waals surface area contributed by atoms with E-state index in [1.165, 1.54) is 6.20 Å². The summed E-state index contributed by atoms with van der Waals surface area (Å²) in [4.78, 5) is 27.9. The monoisotopic (exact) mass is 387 g/mol. The molecule has 27 heavy (non-hydrogen) atoms. The van der Waals surface area contributed by atoms with Gasteiger partial charge in [-0.2, -0.15) is 0 Å². The van der Waals surface area contributed by atoms with Crippen molar-refractivity contribution in [2.24, 2.45) is 0 Å². The zero-order chi connectivity index (χ0) is 18.5. The molecule has 7 nitrogen and oxygen atoms in total. The summed E-state index contributed by atoms with van der Waals surface area (Å²) >= 11 is 0. The van der Waals surface area contributed by atoms with Crippen molar-refractivity contribution in [1.82, 2.24) is 15.5 Å². The molecule has 0 aliphatic carbocycles. The summed E-state index contributed by atoms with van der Waals surface area (Å²) < 4.78 is 5.25. The van der Waals surface area contributed by atoms with Gasteiger partial charge in [-0.3, -0.25) is 9.78 Å². The molecule has 0 radical (unpaired) electrons. The molecule has 1 amide bonds. The largest absolute Gasteiger partial charge is 0.477 e. The highest BCUT2D eigenvalue weighted by atomic mass is 35.5. The molecular formula is C19H18ClN3O4. The van der Waals surface area contributed by atoms with E-state index in [0.717, 1.165) is 5.56 Å². The minimum absolute atomic E-state index is 0. The van der Waals surface area contributed by atoms with E-state index in [1.807, 2.05) is 30.3 Å². The van der Waals surface area contributed by atoms with Crippen molar-refractivity contribution in [3.63, 3.8) is 0 Å². The van der Waals surface area contributed by atoms with Crippen molar-refractivity contribution >= 4 is 24.3 Å². The van der Waals surface area contributed by atoms with E-state index in [2.05, 4.69) is 15.5 Å². The van der Waals surface area contributed by atoms with Crippen LogP contribution in [0.2, 0.25) is 0 Å². The van der Waals surface area contributed by atoms with E-state index in [9.17, 15) is 14.7 Å². The average molecular weight is 388 g/mol. The smallest absolute Gasteiger partial charge is 0.341 e. The SMILES string of the molecule is C[C@@H](NC(=O)Cc1ccccc1)c1onc(-c2cccnc2)c1C(=O)O.Cl. The molecule has 0 aliphatic heterocycles. The molecule has 3 rings (SSSR count). The maximum atomic E-state index is 12.2. The van der Waals surface area contributed by atoms with Crippen LogP contribution in [-0.2, 0) is 11.2 Å². The average Bonchev–Trinajstić information content (AvgIpc) is 3.08. The molecule has 8 heteroatoms. The summed E-state index contributed by atoms with van der Waals surface area (Å²) in [6.45, 7) is 1.66. The van der Waals surface area contributed by atoms with Crippen LogP contribution in [0.3, 0.4) is 0 Å². The maximum Gasteiger partial charge on any atom is 0.341 e. The third kappa shape index (κ3) is 4.71. The van der Waals surface area contributed by atoms with Crippen LogP contribution in [0.4, 0.5) is 0 Å². The first-order valence-corrected chi connectivity index (χ1v) is 8.03. The molecule has 0 aliphatic rings. The number of carboxylic acids is 1. The van der Waals surface area contributed by atoms with Gasteiger partial charge < -0.3 is 14.9 Å². The van der Waals surface area contributed by atoms with E-state index in [1.54, 1.807) is 25.3 Å². The number of rotatable bonds is 6. The Hall–Kier alpha value is -3.19. The van der Waals surface area contributed by atoms with Crippen molar-refractivity contribution in [3.05, 3.63) is 71.7 Å². The maximum absolute atomic E-state index is 12.2. The van der Waals surface area contributed by atoms with Gasteiger partial charge in [-0.25, -0.2) is 4.79 Å². The number of aromatic nitrogens is 2. The molecule has 0 fully saturated rings. The normalized spacial score (nSPS) is 11.3. The second kappa shape index (κ2) is 8.95. The van der Waals surface area contributed by atoms with Gasteiger partial charge in [0, 0.05) is 18.0 Å². The van der Waals surface area contributed by atoms with Crippen molar-refractivity contribution in [3.8, 4) is 11.3 Å². The Morgan fingerprint density at radius 1 is 1.19 bits per heavy atom. The molecule has 0 bridgehead atoms. The fraction of sp³-hybridized carbons (Fsp3) is 0.158. The van der Waals surface area contributed by atoms with E-state index in [0.29, 0.717) is 5.56 Å². The van der Waals surface area contributed by atoms with Gasteiger partial charge in [0.05, 0.1) is 12.5 Å². The van der Waals surface area contributed by atoms with Crippen LogP contribution in [0.25, 0.3) is 11.3 Å². The number of nitrogens with one attached hydrogen (secondary N) is 1. The molecule has 1 aromatic carbocycles. The Morgan fingerprint density at radius 2 is 1.93 bits per heavy atom. The topological polar surface area (TPSA) is 105 Å². The van der Waals surface area contributed by atoms with E-state index in [4.69, 9.17) is 4.52 Å². The van der Waals surface area contributed by atoms with Gasteiger partial charge in [0.1, 0.15) is 11.3 Å². The highest BCUT2D eigenvalue weighted by Gasteiger charge is 2.28. The van der Waals surface area contributed by atoms with Gasteiger partial charge in [0.2, 0.25) is 5.91 Å². The Kier molecular flexibility index (Phi) is 6.67. The van der Waals surface area contributed by atoms with Gasteiger partial charge in [0.25, 0.3) is 0 Å². The van der Waals surface area contributed by atoms with E-state index in [-0.39, 0.29) is 41.8 Å². The van der Waals surface area contributed by atoms with Crippen molar-refractivity contribution < 1.29 is 19.2 Å². The van der Waals surface area contributed by atoms with Gasteiger partial charge in [-0.05, 0) is 24.6 Å². The van der Waals surface area contributed by atoms with E-state index < -0.39 is 12.0 Å². The van der Waals surface area contributed by atoms with Crippen LogP contribution < -0.4 is 5.32 Å². The molecule has 0 saturated carbocycles. The fourth-order valence-electron chi connectivity index (χ4n) is 2.64. The molecule has 1 atom stereocenters. The molecule has 2 heterocycles. The quantitative estimate of drug-likeness (QED) is 0.672. The first kappa shape index (κ1) is 20.1. The van der Waals surface area contributed by atoms with Gasteiger partial charge in [-0.1, -0.05) is 35.5 Å². The number of pyridine rings is 1. The number of nitrogens with zero attached hydrogens (tertiary/aromatic N) is 2. The second-order valence-electron chi connectivity index (χ2n) is 5.77. The lowest BCUT2D eigenvalue weighted by Crippen LogP contribution is -2.28. The molecule has 0 unspecified atom stereocenters. The summed E-state index contributed by atoms with van der Waals surface area (Å²) in [5.74, 6) is -1.32. The number of carboxylic acid groups (broad SMARTS) is 1. The van der Waals surface area contributed by atoms with Crippen molar-refractivity contribution in [1.29, 1.82) is 0 Å². The van der Waals surface area contributed by atoms with Crippen LogP contribution >= 0.6 is 12.4 Å². The predicted octanol–water partition coefficient (Wildman–Crippen LogP) is 3.28. The molecule has 140 valence electrons. The Bertz CT molecular complexity index is 913. The summed E-state index contributed by atoms with van der Waals surface area (Å²) in [6.07, 6.45) is 3.28. The third-order valence-electron chi connectivity index (χ3n) is 3.85. The van der Waals surface area contributed by atoms with Crippen LogP contribution in [0.5, 0.6) is 0 Å². The Balaban J connectivity index is 0.00000261. The number of hydrogen-bond acceptors (Lipinski definition) is 5. The molecule has 2 aromatic heterocycles. The minimum atomic E-state index is -1.18. The summed E-state index contributed by atoms with van der Waals surface area (Å²) in [7, 11) is 0. The number of carbonyl (C=O) groups excluding carboxylic acids is 1. The first-order valence-electron chi connectivity index (χ1n) is 8.03. The van der Waals surface area contributed by atoms with Gasteiger partial charge in [0.15, 0.2) is 5.76 Å². The first-order chi connectivity index (χ1) is 12.6. The highest BCUT2D eigenvalue weighted by Crippen LogP contribution is 2.28. The molecule has 3 aromatic rings. The molecule has 0 saturated heterocycles. The zero-order valence-corrected chi connectivity index (χ0v) is 15.3. The number of carbonyl (C=O) groups is 2. The third-order valence-corrected chi connectivity index (χ3v) is 3.85. The Morgan fingerprint density at radius 3 is 2.56 bits per heavy atom. The van der Waals surface area contributed by atoms with Crippen LogP contribution in [0, 0.1) is 0 Å². The number of aromatic carboxylic acids is 1. The van der Waals surface area contributed by atoms with Crippen molar-refractivity contribution in [2.45, 2.75) is 19.4 Å². The van der Waals surface area contributed by atoms with Crippen LogP contribution in [0.15, 0.2) is 59.4 Å². The number of hydrogen-bond donors (Lipinski definition) is 2. The predicted molar refractivity (Wildman–Crippen MR) is 101 cm³/mol. The second-order valence-corrected chi connectivity index (χ2v) is 5.77. The Labute approximate surface area is 161 Å². The minimum Gasteiger partial charge on any atom is -0.477 e. The number of amides is 1. The van der Waals surface area contributed by atoms with Gasteiger partial charge in [-0.15, -0.1) is 12.4 Å². The van der Waals surface area contributed by atoms with Crippen LogP contribution in [-0.4, -0.2) is 27.1 Å². The molecule has 0 spiro atoms. The molecule has 2 N–H and O–H groups in total. The molecular weight excluding hydrogens is 370 g/mol. The lowest BCUT2D eigenvalue weighted by atomic mass is 10.0. The lowest BCUT2D eigenvalue weighted by Gasteiger charge is -2.12. The zero-order valence-electron chi connectivity index (χ0n) is 14.5. The summed E-state index contributed by atoms with van der Waals surface area (Å²) in [5.41, 5.74) is 1.50. The van der Waals surface area contributed by atoms with Crippen molar-refractivity contribution in [2.75, 3.05) is 0 Å². The standard InChI is InChI=1S/C19H17N3O4.ClH/c1-12(21-15(23)10-13-6-3-2-4-7-13)18-16(19(24)25)17(22-26-18)14-8-5-9-20-11-14;/h2-9,11-12H,10H2,1H3,(H,21,23)(H,24,25);1H/t12-;/m1./s1. The number of benzene rings is 1. The summed E-state index contributed by atoms with van der Waals surface area (Å²) in [5, 5.41) is 16.2. The van der Waals surface area contributed by atoms with Crippen LogP contribution in [0.1, 0.15) is 34.6 Å². The highest BCUT2D eigenvalue weighted by molar-refractivity contribution is 5.96. The summed E-state index contributed by atoms with van der Waals surface area (Å²) in [6, 6.07) is 12.0. The lowest BCUT2D eigenvalue weighted by molar-refractivity contribution is -0.121. The number of halogens is 1. The van der Waals surface area contributed by atoms with E-state index >= 15 is 0 Å². The fourth-order valence-corrected chi connectivity index (χ4v) is 2.64.